The predicted octanol–water partition coefficient (Wildman–Crippen LogP) is 8.90. The van der Waals surface area contributed by atoms with Crippen LogP contribution in [-0.2, 0) is 24.2 Å². The van der Waals surface area contributed by atoms with E-state index in [1.807, 2.05) is 52.1 Å². The molecule has 1 N–H and O–H groups in total. The van der Waals surface area contributed by atoms with Crippen LogP contribution in [0.4, 0.5) is 5.69 Å². The highest BCUT2D eigenvalue weighted by atomic mass is 35.5. The van der Waals surface area contributed by atoms with E-state index < -0.39 is 0 Å². The van der Waals surface area contributed by atoms with Gasteiger partial charge in [-0.25, -0.2) is 0 Å². The molecular weight excluding hydrogens is 558 g/mol. The number of carbonyl (C=O) groups excluding carboxylic acids is 1. The quantitative estimate of drug-likeness (QED) is 0.114. The van der Waals surface area contributed by atoms with Gasteiger partial charge in [-0.05, 0) is 92.8 Å². The van der Waals surface area contributed by atoms with E-state index in [4.69, 9.17) is 21.3 Å². The summed E-state index contributed by atoms with van der Waals surface area (Å²) in [6.07, 6.45) is 7.35. The van der Waals surface area contributed by atoms with Gasteiger partial charge in [-0.15, -0.1) is 0 Å². The molecule has 1 heterocycles. The SMILES string of the molecule is COc1cccc(CN(C=O)C(C)=C(CCNc2c3c(nc4cc(Cl)ccc24)CCCC3)SSCCC(C)C)c1. The minimum Gasteiger partial charge on any atom is -0.497 e. The third-order valence-electron chi connectivity index (χ3n) is 7.27. The lowest BCUT2D eigenvalue weighted by atomic mass is 9.92. The van der Waals surface area contributed by atoms with E-state index in [0.717, 1.165) is 65.9 Å². The summed E-state index contributed by atoms with van der Waals surface area (Å²) >= 11 is 6.32. The van der Waals surface area contributed by atoms with Crippen molar-refractivity contribution in [3.8, 4) is 5.75 Å². The fourth-order valence-electron chi connectivity index (χ4n) is 4.94. The average Bonchev–Trinajstić information content (AvgIpc) is 2.96. The first-order valence-corrected chi connectivity index (χ1v) is 16.8. The van der Waals surface area contributed by atoms with Crippen LogP contribution in [0.15, 0.2) is 53.1 Å². The van der Waals surface area contributed by atoms with E-state index in [1.165, 1.54) is 41.1 Å². The standard InChI is InChI=1S/C32H40ClN3O2S2/c1-22(2)15-17-39-40-31(23(3)36(21-37)20-24-8-7-9-26(18-24)38-4)14-16-34-32-27-10-5-6-11-29(27)35-30-19-25(33)12-13-28(30)32/h7-9,12-13,18-19,21-22H,5-6,10-11,14-17,20H2,1-4H3,(H,34,35). The molecule has 0 saturated heterocycles. The van der Waals surface area contributed by atoms with Crippen molar-refractivity contribution in [3.05, 3.63) is 74.9 Å². The highest BCUT2D eigenvalue weighted by molar-refractivity contribution is 8.78. The smallest absolute Gasteiger partial charge is 0.214 e. The highest BCUT2D eigenvalue weighted by Gasteiger charge is 2.19. The second-order valence-corrected chi connectivity index (χ2v) is 13.6. The fourth-order valence-corrected chi connectivity index (χ4v) is 7.90. The summed E-state index contributed by atoms with van der Waals surface area (Å²) in [6, 6.07) is 13.9. The molecule has 0 saturated carbocycles. The summed E-state index contributed by atoms with van der Waals surface area (Å²) in [5.74, 6) is 2.54. The van der Waals surface area contributed by atoms with E-state index in [9.17, 15) is 4.79 Å². The van der Waals surface area contributed by atoms with Gasteiger partial charge in [0.2, 0.25) is 6.41 Å². The Kier molecular flexibility index (Phi) is 11.5. The lowest BCUT2D eigenvalue weighted by Crippen LogP contribution is -2.21. The van der Waals surface area contributed by atoms with E-state index in [2.05, 4.69) is 32.2 Å². The van der Waals surface area contributed by atoms with Gasteiger partial charge in [-0.1, -0.05) is 59.2 Å². The average molecular weight is 598 g/mol. The van der Waals surface area contributed by atoms with E-state index in [1.54, 1.807) is 17.9 Å². The Morgan fingerprint density at radius 2 is 2.02 bits per heavy atom. The van der Waals surface area contributed by atoms with E-state index in [-0.39, 0.29) is 0 Å². The van der Waals surface area contributed by atoms with Crippen LogP contribution in [0, 0.1) is 5.92 Å². The molecule has 5 nitrogen and oxygen atoms in total. The Balaban J connectivity index is 1.56. The van der Waals surface area contributed by atoms with Crippen molar-refractivity contribution in [2.75, 3.05) is 24.7 Å². The number of anilines is 1. The van der Waals surface area contributed by atoms with Crippen molar-refractivity contribution < 1.29 is 9.53 Å². The zero-order valence-corrected chi connectivity index (χ0v) is 26.4. The molecule has 8 heteroatoms. The molecule has 40 heavy (non-hydrogen) atoms. The maximum atomic E-state index is 12.3. The number of hydrogen-bond acceptors (Lipinski definition) is 6. The zero-order valence-electron chi connectivity index (χ0n) is 24.0. The molecule has 1 amide bonds. The molecule has 2 aromatic carbocycles. The lowest BCUT2D eigenvalue weighted by molar-refractivity contribution is -0.116. The van der Waals surface area contributed by atoms with Gasteiger partial charge in [-0.2, -0.15) is 0 Å². The van der Waals surface area contributed by atoms with Gasteiger partial charge in [-0.3, -0.25) is 9.78 Å². The predicted molar refractivity (Wildman–Crippen MR) is 173 cm³/mol. The van der Waals surface area contributed by atoms with Gasteiger partial charge in [0.15, 0.2) is 0 Å². The molecule has 1 aliphatic carbocycles. The van der Waals surface area contributed by atoms with Gasteiger partial charge < -0.3 is 15.0 Å². The number of aromatic nitrogens is 1. The number of rotatable bonds is 14. The molecular formula is C32H40ClN3O2S2. The van der Waals surface area contributed by atoms with Crippen LogP contribution < -0.4 is 10.1 Å². The number of pyridine rings is 1. The Morgan fingerprint density at radius 3 is 2.80 bits per heavy atom. The first kappa shape index (κ1) is 30.6. The Labute approximate surface area is 251 Å². The summed E-state index contributed by atoms with van der Waals surface area (Å²) in [7, 11) is 5.34. The third kappa shape index (κ3) is 8.11. The third-order valence-corrected chi connectivity index (χ3v) is 10.2. The summed E-state index contributed by atoms with van der Waals surface area (Å²) < 4.78 is 5.39. The number of nitrogens with zero attached hydrogens (tertiary/aromatic N) is 2. The molecule has 0 radical (unpaired) electrons. The molecule has 1 aliphatic rings. The van der Waals surface area contributed by atoms with E-state index in [0.29, 0.717) is 17.5 Å². The van der Waals surface area contributed by atoms with Crippen molar-refractivity contribution in [2.24, 2.45) is 5.92 Å². The molecule has 0 atom stereocenters. The minimum atomic E-state index is 0.504. The van der Waals surface area contributed by atoms with Crippen molar-refractivity contribution in [2.45, 2.75) is 65.8 Å². The molecule has 4 rings (SSSR count). The van der Waals surface area contributed by atoms with E-state index >= 15 is 0 Å². The number of carbonyl (C=O) groups is 1. The van der Waals surface area contributed by atoms with Crippen LogP contribution in [0.3, 0.4) is 0 Å². The number of hydrogen-bond donors (Lipinski definition) is 1. The molecule has 0 aliphatic heterocycles. The molecule has 0 spiro atoms. The second-order valence-electron chi connectivity index (χ2n) is 10.6. The minimum absolute atomic E-state index is 0.504. The number of halogens is 1. The van der Waals surface area contributed by atoms with Gasteiger partial charge in [0.25, 0.3) is 0 Å². The molecule has 1 aromatic heterocycles. The lowest BCUT2D eigenvalue weighted by Gasteiger charge is -2.24. The summed E-state index contributed by atoms with van der Waals surface area (Å²) in [5, 5.41) is 5.62. The normalized spacial score (nSPS) is 13.7. The zero-order chi connectivity index (χ0) is 28.5. The number of methoxy groups -OCH3 is 1. The van der Waals surface area contributed by atoms with Gasteiger partial charge in [0.1, 0.15) is 5.75 Å². The van der Waals surface area contributed by atoms with Crippen LogP contribution in [-0.4, -0.2) is 35.7 Å². The number of allylic oxidation sites excluding steroid dienone is 1. The highest BCUT2D eigenvalue weighted by Crippen LogP contribution is 2.38. The maximum absolute atomic E-state index is 12.3. The molecule has 0 unspecified atom stereocenters. The first-order valence-electron chi connectivity index (χ1n) is 14.1. The van der Waals surface area contributed by atoms with Crippen molar-refractivity contribution in [1.29, 1.82) is 0 Å². The number of aryl methyl sites for hydroxylation is 1. The van der Waals surface area contributed by atoms with Crippen molar-refractivity contribution in [1.82, 2.24) is 9.88 Å². The molecule has 0 bridgehead atoms. The second kappa shape index (κ2) is 15.0. The van der Waals surface area contributed by atoms with Crippen LogP contribution in [0.2, 0.25) is 5.02 Å². The van der Waals surface area contributed by atoms with Crippen molar-refractivity contribution in [3.63, 3.8) is 0 Å². The molecule has 3 aromatic rings. The van der Waals surface area contributed by atoms with Crippen LogP contribution in [0.5, 0.6) is 5.75 Å². The summed E-state index contributed by atoms with van der Waals surface area (Å²) in [6.45, 7) is 7.85. The number of nitrogens with one attached hydrogen (secondary N) is 1. The monoisotopic (exact) mass is 597 g/mol. The maximum Gasteiger partial charge on any atom is 0.214 e. The number of fused-ring (bicyclic) bond motifs is 2. The number of ether oxygens (including phenoxy) is 1. The topological polar surface area (TPSA) is 54.5 Å². The summed E-state index contributed by atoms with van der Waals surface area (Å²) in [5.41, 5.74) is 6.71. The van der Waals surface area contributed by atoms with Gasteiger partial charge >= 0.3 is 0 Å². The van der Waals surface area contributed by atoms with Gasteiger partial charge in [0, 0.05) is 44.7 Å². The number of benzene rings is 2. The first-order chi connectivity index (χ1) is 19.4. The van der Waals surface area contributed by atoms with Gasteiger partial charge in [0.05, 0.1) is 19.2 Å². The fraction of sp³-hybridized carbons (Fsp3) is 0.438. The van der Waals surface area contributed by atoms with Crippen LogP contribution in [0.1, 0.15) is 63.3 Å². The Bertz CT molecular complexity index is 1350. The Hall–Kier alpha value is -2.35. The largest absolute Gasteiger partial charge is 0.497 e. The van der Waals surface area contributed by atoms with Crippen molar-refractivity contribution >= 4 is 56.2 Å². The molecule has 214 valence electrons. The van der Waals surface area contributed by atoms with Crippen LogP contribution in [0.25, 0.3) is 10.9 Å². The Morgan fingerprint density at radius 1 is 1.20 bits per heavy atom. The van der Waals surface area contributed by atoms with Crippen LogP contribution >= 0.6 is 33.2 Å². The molecule has 0 fully saturated rings. The summed E-state index contributed by atoms with van der Waals surface area (Å²) in [4.78, 5) is 20.3. The number of amides is 1.